The largest absolute Gasteiger partial charge is 0.389 e. The van der Waals surface area contributed by atoms with Crippen molar-refractivity contribution in [1.29, 1.82) is 0 Å². The van der Waals surface area contributed by atoms with Crippen molar-refractivity contribution in [2.75, 3.05) is 5.75 Å². The van der Waals surface area contributed by atoms with E-state index in [0.29, 0.717) is 11.2 Å². The van der Waals surface area contributed by atoms with Gasteiger partial charge in [-0.15, -0.1) is 0 Å². The van der Waals surface area contributed by atoms with Crippen molar-refractivity contribution in [3.63, 3.8) is 0 Å². The topological polar surface area (TPSA) is 20.2 Å². The summed E-state index contributed by atoms with van der Waals surface area (Å²) >= 11 is 1.93. The van der Waals surface area contributed by atoms with Gasteiger partial charge in [0.15, 0.2) is 0 Å². The van der Waals surface area contributed by atoms with Crippen molar-refractivity contribution in [1.82, 2.24) is 0 Å². The number of rotatable bonds is 3. The van der Waals surface area contributed by atoms with Crippen molar-refractivity contribution in [2.45, 2.75) is 57.3 Å². The molecular formula is C11H22OS. The van der Waals surface area contributed by atoms with Crippen LogP contribution in [0.3, 0.4) is 0 Å². The van der Waals surface area contributed by atoms with E-state index in [4.69, 9.17) is 0 Å². The summed E-state index contributed by atoms with van der Waals surface area (Å²) in [5.41, 5.74) is -0.377. The Morgan fingerprint density at radius 1 is 1.62 bits per heavy atom. The first-order valence-electron chi connectivity index (χ1n) is 5.42. The predicted molar refractivity (Wildman–Crippen MR) is 60.2 cm³/mol. The molecule has 0 bridgehead atoms. The van der Waals surface area contributed by atoms with E-state index in [1.165, 1.54) is 18.6 Å². The number of hydrogen-bond acceptors (Lipinski definition) is 2. The Labute approximate surface area is 86.3 Å². The van der Waals surface area contributed by atoms with Gasteiger partial charge in [0.25, 0.3) is 0 Å². The molecule has 1 aliphatic rings. The lowest BCUT2D eigenvalue weighted by atomic mass is 9.84. The Balaban J connectivity index is 2.51. The van der Waals surface area contributed by atoms with E-state index in [0.717, 1.165) is 12.8 Å². The SMILES string of the molecule is CCC(C)CC1(O)CCCSC1C. The fraction of sp³-hybridized carbons (Fsp3) is 1.00. The molecule has 0 spiro atoms. The minimum atomic E-state index is -0.377. The second-order valence-electron chi connectivity index (χ2n) is 4.44. The van der Waals surface area contributed by atoms with E-state index < -0.39 is 0 Å². The van der Waals surface area contributed by atoms with Crippen LogP contribution in [-0.4, -0.2) is 21.7 Å². The summed E-state index contributed by atoms with van der Waals surface area (Å²) < 4.78 is 0. The van der Waals surface area contributed by atoms with Crippen LogP contribution >= 0.6 is 11.8 Å². The number of hydrogen-bond donors (Lipinski definition) is 1. The highest BCUT2D eigenvalue weighted by Crippen LogP contribution is 2.38. The summed E-state index contributed by atoms with van der Waals surface area (Å²) in [4.78, 5) is 0. The molecule has 1 heterocycles. The molecule has 0 aromatic heterocycles. The van der Waals surface area contributed by atoms with E-state index in [1.54, 1.807) is 0 Å². The van der Waals surface area contributed by atoms with Gasteiger partial charge in [0, 0.05) is 5.25 Å². The highest BCUT2D eigenvalue weighted by Gasteiger charge is 2.37. The van der Waals surface area contributed by atoms with Crippen LogP contribution in [0.4, 0.5) is 0 Å². The van der Waals surface area contributed by atoms with Crippen LogP contribution in [0.15, 0.2) is 0 Å². The standard InChI is InChI=1S/C11H22OS/c1-4-9(2)8-11(12)6-5-7-13-10(11)3/h9-10,12H,4-8H2,1-3H3. The van der Waals surface area contributed by atoms with Gasteiger partial charge < -0.3 is 5.11 Å². The van der Waals surface area contributed by atoms with Gasteiger partial charge in [-0.05, 0) is 30.9 Å². The molecule has 0 aromatic carbocycles. The molecule has 1 rings (SSSR count). The molecule has 0 radical (unpaired) electrons. The van der Waals surface area contributed by atoms with Crippen LogP contribution < -0.4 is 0 Å². The molecule has 1 saturated heterocycles. The molecule has 1 nitrogen and oxygen atoms in total. The highest BCUT2D eigenvalue weighted by molar-refractivity contribution is 8.00. The third-order valence-corrected chi connectivity index (χ3v) is 4.74. The van der Waals surface area contributed by atoms with Gasteiger partial charge in [-0.2, -0.15) is 11.8 Å². The zero-order valence-corrected chi connectivity index (χ0v) is 9.86. The monoisotopic (exact) mass is 202 g/mol. The molecule has 3 atom stereocenters. The molecule has 78 valence electrons. The van der Waals surface area contributed by atoms with Crippen LogP contribution in [0.5, 0.6) is 0 Å². The fourth-order valence-corrected chi connectivity index (χ4v) is 3.20. The second-order valence-corrected chi connectivity index (χ2v) is 5.89. The zero-order valence-electron chi connectivity index (χ0n) is 9.05. The van der Waals surface area contributed by atoms with Gasteiger partial charge in [0.1, 0.15) is 0 Å². The van der Waals surface area contributed by atoms with Crippen molar-refractivity contribution < 1.29 is 5.11 Å². The molecule has 3 unspecified atom stereocenters. The third-order valence-electron chi connectivity index (χ3n) is 3.28. The number of thioether (sulfide) groups is 1. The van der Waals surface area contributed by atoms with E-state index in [9.17, 15) is 5.11 Å². The molecule has 1 aliphatic heterocycles. The lowest BCUT2D eigenvalue weighted by Gasteiger charge is -2.39. The molecule has 1 N–H and O–H groups in total. The Kier molecular flexibility index (Phi) is 4.11. The molecular weight excluding hydrogens is 180 g/mol. The Hall–Kier alpha value is 0.310. The Bertz CT molecular complexity index is 160. The van der Waals surface area contributed by atoms with Crippen molar-refractivity contribution >= 4 is 11.8 Å². The maximum absolute atomic E-state index is 10.4. The molecule has 0 saturated carbocycles. The van der Waals surface area contributed by atoms with Crippen molar-refractivity contribution in [2.24, 2.45) is 5.92 Å². The first-order valence-corrected chi connectivity index (χ1v) is 6.47. The third kappa shape index (κ3) is 2.88. The summed E-state index contributed by atoms with van der Waals surface area (Å²) in [5.74, 6) is 1.88. The molecule has 0 aromatic rings. The van der Waals surface area contributed by atoms with Crippen LogP contribution in [0, 0.1) is 5.92 Å². The first kappa shape index (κ1) is 11.4. The molecule has 0 aliphatic carbocycles. The van der Waals surface area contributed by atoms with E-state index in [1.807, 2.05) is 11.8 Å². The summed E-state index contributed by atoms with van der Waals surface area (Å²) in [7, 11) is 0. The lowest BCUT2D eigenvalue weighted by molar-refractivity contribution is 0.00715. The minimum absolute atomic E-state index is 0.377. The van der Waals surface area contributed by atoms with Gasteiger partial charge in [0.05, 0.1) is 5.60 Å². The molecule has 2 heteroatoms. The van der Waals surface area contributed by atoms with Gasteiger partial charge in [-0.3, -0.25) is 0 Å². The fourth-order valence-electron chi connectivity index (χ4n) is 2.01. The van der Waals surface area contributed by atoms with E-state index in [2.05, 4.69) is 20.8 Å². The molecule has 13 heavy (non-hydrogen) atoms. The highest BCUT2D eigenvalue weighted by atomic mass is 32.2. The average molecular weight is 202 g/mol. The smallest absolute Gasteiger partial charge is 0.0766 e. The lowest BCUT2D eigenvalue weighted by Crippen LogP contribution is -2.42. The quantitative estimate of drug-likeness (QED) is 0.759. The first-order chi connectivity index (χ1) is 6.08. The second kappa shape index (κ2) is 4.70. The maximum Gasteiger partial charge on any atom is 0.0766 e. The average Bonchev–Trinajstić information content (AvgIpc) is 2.10. The predicted octanol–water partition coefficient (Wildman–Crippen LogP) is 3.07. The van der Waals surface area contributed by atoms with Crippen molar-refractivity contribution in [3.8, 4) is 0 Å². The van der Waals surface area contributed by atoms with Crippen molar-refractivity contribution in [3.05, 3.63) is 0 Å². The normalized spacial score (nSPS) is 37.4. The summed E-state index contributed by atoms with van der Waals surface area (Å²) in [6.45, 7) is 6.62. The summed E-state index contributed by atoms with van der Waals surface area (Å²) in [6, 6.07) is 0. The van der Waals surface area contributed by atoms with E-state index >= 15 is 0 Å². The summed E-state index contributed by atoms with van der Waals surface area (Å²) in [5, 5.41) is 10.8. The summed E-state index contributed by atoms with van der Waals surface area (Å²) in [6.07, 6.45) is 4.35. The maximum atomic E-state index is 10.4. The van der Waals surface area contributed by atoms with Gasteiger partial charge in [-0.25, -0.2) is 0 Å². The number of aliphatic hydroxyl groups is 1. The molecule has 1 fully saturated rings. The van der Waals surface area contributed by atoms with Crippen LogP contribution in [-0.2, 0) is 0 Å². The van der Waals surface area contributed by atoms with Crippen LogP contribution in [0.2, 0.25) is 0 Å². The van der Waals surface area contributed by atoms with Crippen LogP contribution in [0.1, 0.15) is 46.5 Å². The Morgan fingerprint density at radius 2 is 2.31 bits per heavy atom. The Morgan fingerprint density at radius 3 is 2.85 bits per heavy atom. The minimum Gasteiger partial charge on any atom is -0.389 e. The van der Waals surface area contributed by atoms with Gasteiger partial charge >= 0.3 is 0 Å². The molecule has 0 amide bonds. The van der Waals surface area contributed by atoms with Crippen LogP contribution in [0.25, 0.3) is 0 Å². The van der Waals surface area contributed by atoms with E-state index in [-0.39, 0.29) is 5.60 Å². The van der Waals surface area contributed by atoms with Gasteiger partial charge in [0.2, 0.25) is 0 Å². The van der Waals surface area contributed by atoms with Gasteiger partial charge in [-0.1, -0.05) is 27.2 Å². The zero-order chi connectivity index (χ0) is 9.90.